The highest BCUT2D eigenvalue weighted by atomic mass is 16.5. The van der Waals surface area contributed by atoms with Crippen LogP contribution in [0.2, 0.25) is 0 Å². The third kappa shape index (κ3) is 30.8. The lowest BCUT2D eigenvalue weighted by Gasteiger charge is -2.26. The Morgan fingerprint density at radius 2 is 0.625 bits per heavy atom. The van der Waals surface area contributed by atoms with Gasteiger partial charge in [0.05, 0.1) is 25.4 Å². The third-order valence-corrected chi connectivity index (χ3v) is 8.38. The summed E-state index contributed by atoms with van der Waals surface area (Å²) in [6.07, 6.45) is 38.1. The van der Waals surface area contributed by atoms with Crippen molar-refractivity contribution in [3.8, 4) is 0 Å². The Bertz CT molecular complexity index is 423. The molecule has 4 heteroatoms. The van der Waals surface area contributed by atoms with Crippen LogP contribution in [0.15, 0.2) is 0 Å². The number of hydrogen-bond acceptors (Lipinski definition) is 4. The van der Waals surface area contributed by atoms with E-state index in [-0.39, 0.29) is 6.61 Å². The number of nitrogens with two attached hydrogens (primary N) is 1. The lowest BCUT2D eigenvalue weighted by atomic mass is 10.0. The number of aliphatic hydroxyl groups is 1. The van der Waals surface area contributed by atoms with Gasteiger partial charge in [0.1, 0.15) is 0 Å². The first kappa shape index (κ1) is 39.8. The van der Waals surface area contributed by atoms with E-state index in [4.69, 9.17) is 15.2 Å². The minimum Gasteiger partial charge on any atom is -0.394 e. The molecular formula is C36H75NO3. The van der Waals surface area contributed by atoms with Gasteiger partial charge >= 0.3 is 0 Å². The molecule has 0 aromatic rings. The van der Waals surface area contributed by atoms with Gasteiger partial charge in [0.15, 0.2) is 0 Å². The van der Waals surface area contributed by atoms with E-state index in [0.29, 0.717) is 13.2 Å². The van der Waals surface area contributed by atoms with Gasteiger partial charge in [0.25, 0.3) is 0 Å². The lowest BCUT2D eigenvalue weighted by Crippen LogP contribution is -2.52. The van der Waals surface area contributed by atoms with Gasteiger partial charge in [-0.25, -0.2) is 0 Å². The topological polar surface area (TPSA) is 64.7 Å². The Labute approximate surface area is 252 Å². The fraction of sp³-hybridized carbons (Fsp3) is 1.00. The SMILES string of the molecule is CCCCCCCCCCCCCCCCOCC(N)(CO)COCCCCCCCCCCCCCCCC. The fourth-order valence-electron chi connectivity index (χ4n) is 5.48. The summed E-state index contributed by atoms with van der Waals surface area (Å²) in [4.78, 5) is 0. The second kappa shape index (κ2) is 33.3. The van der Waals surface area contributed by atoms with Crippen LogP contribution >= 0.6 is 0 Å². The molecule has 0 rings (SSSR count). The van der Waals surface area contributed by atoms with Crippen LogP contribution in [0, 0.1) is 0 Å². The fourth-order valence-corrected chi connectivity index (χ4v) is 5.48. The minimum atomic E-state index is -0.772. The molecule has 0 aliphatic carbocycles. The zero-order valence-electron chi connectivity index (χ0n) is 27.7. The molecule has 0 aliphatic heterocycles. The first-order chi connectivity index (χ1) is 19.7. The molecule has 0 aromatic heterocycles. The van der Waals surface area contributed by atoms with Gasteiger partial charge in [-0.1, -0.05) is 181 Å². The second-order valence-electron chi connectivity index (χ2n) is 12.8. The Morgan fingerprint density at radius 1 is 0.400 bits per heavy atom. The van der Waals surface area contributed by atoms with Crippen molar-refractivity contribution in [3.05, 3.63) is 0 Å². The molecule has 0 amide bonds. The molecule has 0 radical (unpaired) electrons. The average molecular weight is 570 g/mol. The van der Waals surface area contributed by atoms with Crippen LogP contribution in [0.4, 0.5) is 0 Å². The van der Waals surface area contributed by atoms with Crippen molar-refractivity contribution in [2.24, 2.45) is 5.73 Å². The van der Waals surface area contributed by atoms with Crippen LogP contribution in [0.1, 0.15) is 194 Å². The van der Waals surface area contributed by atoms with Gasteiger partial charge in [-0.2, -0.15) is 0 Å². The number of aliphatic hydroxyl groups excluding tert-OH is 1. The van der Waals surface area contributed by atoms with E-state index >= 15 is 0 Å². The highest BCUT2D eigenvalue weighted by Gasteiger charge is 2.24. The van der Waals surface area contributed by atoms with E-state index in [1.807, 2.05) is 0 Å². The Morgan fingerprint density at radius 3 is 0.850 bits per heavy atom. The predicted octanol–water partition coefficient (Wildman–Crippen LogP) is 10.7. The maximum atomic E-state index is 9.75. The smallest absolute Gasteiger partial charge is 0.0862 e. The van der Waals surface area contributed by atoms with Crippen LogP contribution < -0.4 is 5.73 Å². The lowest BCUT2D eigenvalue weighted by molar-refractivity contribution is -0.00366. The molecule has 0 aromatic carbocycles. The molecule has 0 atom stereocenters. The molecule has 3 N–H and O–H groups in total. The largest absolute Gasteiger partial charge is 0.394 e. The monoisotopic (exact) mass is 570 g/mol. The normalized spacial score (nSPS) is 12.0. The number of ether oxygens (including phenoxy) is 2. The standard InChI is InChI=1S/C36H75NO3/c1-3-5-7-9-11-13-15-17-19-21-23-25-27-29-31-39-34-36(37,33-38)35-40-32-30-28-26-24-22-20-18-16-14-12-10-8-6-4-2/h38H,3-35,37H2,1-2H3. The van der Waals surface area contributed by atoms with Crippen molar-refractivity contribution in [2.75, 3.05) is 33.0 Å². The van der Waals surface area contributed by atoms with Crippen molar-refractivity contribution in [3.63, 3.8) is 0 Å². The maximum absolute atomic E-state index is 9.75. The molecule has 40 heavy (non-hydrogen) atoms. The summed E-state index contributed by atoms with van der Waals surface area (Å²) in [7, 11) is 0. The van der Waals surface area contributed by atoms with Crippen LogP contribution in [0.25, 0.3) is 0 Å². The summed E-state index contributed by atoms with van der Waals surface area (Å²) in [5, 5.41) is 9.75. The molecular weight excluding hydrogens is 494 g/mol. The first-order valence-corrected chi connectivity index (χ1v) is 18.2. The van der Waals surface area contributed by atoms with E-state index in [2.05, 4.69) is 13.8 Å². The molecule has 0 aliphatic rings. The van der Waals surface area contributed by atoms with Crippen molar-refractivity contribution in [1.82, 2.24) is 0 Å². The Kier molecular flexibility index (Phi) is 33.2. The number of hydrogen-bond donors (Lipinski definition) is 2. The van der Waals surface area contributed by atoms with Crippen LogP contribution in [0.3, 0.4) is 0 Å². The molecule has 0 bridgehead atoms. The summed E-state index contributed by atoms with van der Waals surface area (Å²) < 4.78 is 11.6. The molecule has 0 saturated carbocycles. The zero-order valence-corrected chi connectivity index (χ0v) is 27.7. The third-order valence-electron chi connectivity index (χ3n) is 8.38. The van der Waals surface area contributed by atoms with Gasteiger partial charge in [-0.15, -0.1) is 0 Å². The van der Waals surface area contributed by atoms with Crippen molar-refractivity contribution in [2.45, 2.75) is 199 Å². The molecule has 242 valence electrons. The molecule has 0 saturated heterocycles. The van der Waals surface area contributed by atoms with Crippen molar-refractivity contribution >= 4 is 0 Å². The Balaban J connectivity index is 3.38. The van der Waals surface area contributed by atoms with Gasteiger partial charge in [0.2, 0.25) is 0 Å². The zero-order chi connectivity index (χ0) is 29.2. The number of unbranched alkanes of at least 4 members (excludes halogenated alkanes) is 26. The highest BCUT2D eigenvalue weighted by Crippen LogP contribution is 2.14. The van der Waals surface area contributed by atoms with Crippen LogP contribution in [0.5, 0.6) is 0 Å². The molecule has 0 fully saturated rings. The quantitative estimate of drug-likeness (QED) is 0.0745. The summed E-state index contributed by atoms with van der Waals surface area (Å²) in [5.41, 5.74) is 5.55. The summed E-state index contributed by atoms with van der Waals surface area (Å²) >= 11 is 0. The summed E-state index contributed by atoms with van der Waals surface area (Å²) in [6.45, 7) is 6.69. The van der Waals surface area contributed by atoms with E-state index in [1.54, 1.807) is 0 Å². The van der Waals surface area contributed by atoms with E-state index in [0.717, 1.165) is 26.1 Å². The van der Waals surface area contributed by atoms with E-state index in [9.17, 15) is 5.11 Å². The highest BCUT2D eigenvalue weighted by molar-refractivity contribution is 4.83. The molecule has 0 spiro atoms. The van der Waals surface area contributed by atoms with Crippen molar-refractivity contribution < 1.29 is 14.6 Å². The number of rotatable bonds is 35. The first-order valence-electron chi connectivity index (χ1n) is 18.2. The van der Waals surface area contributed by atoms with Crippen LogP contribution in [-0.4, -0.2) is 43.7 Å². The van der Waals surface area contributed by atoms with Crippen molar-refractivity contribution in [1.29, 1.82) is 0 Å². The summed E-state index contributed by atoms with van der Waals surface area (Å²) in [5.74, 6) is 0. The minimum absolute atomic E-state index is 0.0928. The molecule has 4 nitrogen and oxygen atoms in total. The maximum Gasteiger partial charge on any atom is 0.0862 e. The van der Waals surface area contributed by atoms with Crippen LogP contribution in [-0.2, 0) is 9.47 Å². The van der Waals surface area contributed by atoms with E-state index in [1.165, 1.54) is 167 Å². The van der Waals surface area contributed by atoms with Gasteiger partial charge in [-0.05, 0) is 12.8 Å². The van der Waals surface area contributed by atoms with Gasteiger partial charge < -0.3 is 20.3 Å². The average Bonchev–Trinajstić information content (AvgIpc) is 2.96. The summed E-state index contributed by atoms with van der Waals surface area (Å²) in [6, 6.07) is 0. The molecule has 0 heterocycles. The van der Waals surface area contributed by atoms with Gasteiger partial charge in [-0.3, -0.25) is 0 Å². The predicted molar refractivity (Wildman–Crippen MR) is 176 cm³/mol. The van der Waals surface area contributed by atoms with E-state index < -0.39 is 5.54 Å². The molecule has 0 unspecified atom stereocenters. The second-order valence-corrected chi connectivity index (χ2v) is 12.8. The Hall–Kier alpha value is -0.160. The van der Waals surface area contributed by atoms with Gasteiger partial charge in [0, 0.05) is 13.2 Å².